The van der Waals surface area contributed by atoms with E-state index in [0.29, 0.717) is 5.41 Å². The monoisotopic (exact) mass is 204 g/mol. The molecule has 0 N–H and O–H groups in total. The normalized spacial score (nSPS) is 37.5. The lowest BCUT2D eigenvalue weighted by atomic mass is 10.0. The number of hydrogen-bond donors (Lipinski definition) is 0. The van der Waals surface area contributed by atoms with Gasteiger partial charge in [0, 0.05) is 26.1 Å². The zero-order valence-electron chi connectivity index (χ0n) is 9.41. The van der Waals surface area contributed by atoms with Gasteiger partial charge in [0.1, 0.15) is 0 Å². The lowest BCUT2D eigenvalue weighted by Gasteiger charge is -2.22. The van der Waals surface area contributed by atoms with Crippen LogP contribution in [0.25, 0.3) is 0 Å². The van der Waals surface area contributed by atoms with Crippen LogP contribution >= 0.6 is 0 Å². The molecule has 2 heteroatoms. The summed E-state index contributed by atoms with van der Waals surface area (Å²) in [6, 6.07) is 2.37. The van der Waals surface area contributed by atoms with Gasteiger partial charge in [-0.05, 0) is 42.9 Å². The summed E-state index contributed by atoms with van der Waals surface area (Å²) in [6.45, 7) is 3.88. The first-order valence-corrected chi connectivity index (χ1v) is 6.41. The van der Waals surface area contributed by atoms with E-state index in [1.54, 1.807) is 0 Å². The van der Waals surface area contributed by atoms with Crippen molar-refractivity contribution in [3.63, 3.8) is 0 Å². The molecule has 0 amide bonds. The highest BCUT2D eigenvalue weighted by Gasteiger charge is 2.46. The predicted molar refractivity (Wildman–Crippen MR) is 59.2 cm³/mol. The van der Waals surface area contributed by atoms with Gasteiger partial charge in [-0.3, -0.25) is 0 Å². The SMILES string of the molecule is N#CCC1(CN2CC3CCCC3C2)CC1. The molecule has 0 aromatic heterocycles. The highest BCUT2D eigenvalue weighted by Crippen LogP contribution is 2.50. The second-order valence-corrected chi connectivity index (χ2v) is 5.98. The lowest BCUT2D eigenvalue weighted by Crippen LogP contribution is -2.29. The summed E-state index contributed by atoms with van der Waals surface area (Å²) in [5.41, 5.74) is 0.424. The molecule has 1 saturated heterocycles. The van der Waals surface area contributed by atoms with Crippen molar-refractivity contribution < 1.29 is 0 Å². The van der Waals surface area contributed by atoms with Gasteiger partial charge in [0.25, 0.3) is 0 Å². The molecule has 0 aromatic rings. The summed E-state index contributed by atoms with van der Waals surface area (Å²) in [4.78, 5) is 2.65. The third-order valence-electron chi connectivity index (χ3n) is 4.77. The molecule has 1 aliphatic heterocycles. The van der Waals surface area contributed by atoms with E-state index in [0.717, 1.165) is 18.3 Å². The van der Waals surface area contributed by atoms with E-state index in [2.05, 4.69) is 11.0 Å². The standard InChI is InChI=1S/C13H20N2/c14-7-6-13(4-5-13)10-15-8-11-2-1-3-12(11)9-15/h11-12H,1-6,8-10H2. The minimum Gasteiger partial charge on any atom is -0.302 e. The fourth-order valence-corrected chi connectivity index (χ4v) is 3.67. The largest absolute Gasteiger partial charge is 0.302 e. The molecule has 2 atom stereocenters. The van der Waals surface area contributed by atoms with Crippen LogP contribution in [0.3, 0.4) is 0 Å². The quantitative estimate of drug-likeness (QED) is 0.706. The third kappa shape index (κ3) is 1.78. The van der Waals surface area contributed by atoms with Crippen LogP contribution in [0, 0.1) is 28.6 Å². The van der Waals surface area contributed by atoms with Crippen LogP contribution in [0.1, 0.15) is 38.5 Å². The average molecular weight is 204 g/mol. The Labute approximate surface area is 92.3 Å². The highest BCUT2D eigenvalue weighted by molar-refractivity contribution is 5.02. The van der Waals surface area contributed by atoms with Crippen molar-refractivity contribution in [2.24, 2.45) is 17.3 Å². The Morgan fingerprint density at radius 2 is 1.87 bits per heavy atom. The lowest BCUT2D eigenvalue weighted by molar-refractivity contribution is 0.248. The molecule has 3 fully saturated rings. The molecular formula is C13H20N2. The topological polar surface area (TPSA) is 27.0 Å². The molecular weight excluding hydrogens is 184 g/mol. The van der Waals surface area contributed by atoms with Crippen LogP contribution in [0.4, 0.5) is 0 Å². The summed E-state index contributed by atoms with van der Waals surface area (Å²) in [6.07, 6.45) is 7.78. The molecule has 2 nitrogen and oxygen atoms in total. The molecule has 0 bridgehead atoms. The summed E-state index contributed by atoms with van der Waals surface area (Å²) in [7, 11) is 0. The molecule has 82 valence electrons. The maximum Gasteiger partial charge on any atom is 0.0628 e. The zero-order chi connectivity index (χ0) is 10.3. The Hall–Kier alpha value is -0.550. The number of nitriles is 1. The Kier molecular flexibility index (Phi) is 2.25. The van der Waals surface area contributed by atoms with Crippen molar-refractivity contribution in [1.29, 1.82) is 5.26 Å². The molecule has 0 radical (unpaired) electrons. The van der Waals surface area contributed by atoms with Crippen molar-refractivity contribution in [1.82, 2.24) is 4.90 Å². The first-order valence-electron chi connectivity index (χ1n) is 6.41. The molecule has 2 saturated carbocycles. The van der Waals surface area contributed by atoms with Gasteiger partial charge in [-0.2, -0.15) is 5.26 Å². The number of likely N-dealkylation sites (tertiary alicyclic amines) is 1. The van der Waals surface area contributed by atoms with E-state index in [1.165, 1.54) is 51.7 Å². The molecule has 2 aliphatic carbocycles. The fourth-order valence-electron chi connectivity index (χ4n) is 3.67. The summed E-state index contributed by atoms with van der Waals surface area (Å²) in [5, 5.41) is 8.81. The average Bonchev–Trinajstić information content (AvgIpc) is 2.65. The zero-order valence-corrected chi connectivity index (χ0v) is 9.41. The minimum atomic E-state index is 0.424. The molecule has 0 spiro atoms. The van der Waals surface area contributed by atoms with Gasteiger partial charge < -0.3 is 4.90 Å². The van der Waals surface area contributed by atoms with Crippen molar-refractivity contribution in [2.45, 2.75) is 38.5 Å². The maximum absolute atomic E-state index is 8.81. The predicted octanol–water partition coefficient (Wildman–Crippen LogP) is 2.41. The van der Waals surface area contributed by atoms with Gasteiger partial charge in [-0.25, -0.2) is 0 Å². The van der Waals surface area contributed by atoms with Crippen molar-refractivity contribution in [2.75, 3.05) is 19.6 Å². The second kappa shape index (κ2) is 3.49. The summed E-state index contributed by atoms with van der Waals surface area (Å²) in [5.74, 6) is 2.01. The smallest absolute Gasteiger partial charge is 0.0628 e. The third-order valence-corrected chi connectivity index (χ3v) is 4.77. The first kappa shape index (κ1) is 9.66. The van der Waals surface area contributed by atoms with E-state index in [-0.39, 0.29) is 0 Å². The van der Waals surface area contributed by atoms with Gasteiger partial charge in [-0.1, -0.05) is 6.42 Å². The maximum atomic E-state index is 8.81. The first-order chi connectivity index (χ1) is 7.31. The number of hydrogen-bond acceptors (Lipinski definition) is 2. The van der Waals surface area contributed by atoms with Crippen molar-refractivity contribution >= 4 is 0 Å². The highest BCUT2D eigenvalue weighted by atomic mass is 15.2. The number of nitrogens with zero attached hydrogens (tertiary/aromatic N) is 2. The van der Waals surface area contributed by atoms with Gasteiger partial charge in [0.05, 0.1) is 6.07 Å². The molecule has 1 heterocycles. The van der Waals surface area contributed by atoms with Gasteiger partial charge in [0.15, 0.2) is 0 Å². The van der Waals surface area contributed by atoms with Crippen molar-refractivity contribution in [3.8, 4) is 6.07 Å². The summed E-state index contributed by atoms with van der Waals surface area (Å²) < 4.78 is 0. The Morgan fingerprint density at radius 3 is 2.40 bits per heavy atom. The Morgan fingerprint density at radius 1 is 1.20 bits per heavy atom. The Bertz CT molecular complexity index is 275. The van der Waals surface area contributed by atoms with E-state index in [1.807, 2.05) is 0 Å². The van der Waals surface area contributed by atoms with Crippen LogP contribution in [-0.2, 0) is 0 Å². The van der Waals surface area contributed by atoms with Crippen LogP contribution in [0.15, 0.2) is 0 Å². The summed E-state index contributed by atoms with van der Waals surface area (Å²) >= 11 is 0. The van der Waals surface area contributed by atoms with E-state index >= 15 is 0 Å². The minimum absolute atomic E-state index is 0.424. The molecule has 3 aliphatic rings. The fraction of sp³-hybridized carbons (Fsp3) is 0.923. The molecule has 3 rings (SSSR count). The number of rotatable bonds is 3. The second-order valence-electron chi connectivity index (χ2n) is 5.98. The van der Waals surface area contributed by atoms with Gasteiger partial charge >= 0.3 is 0 Å². The van der Waals surface area contributed by atoms with Crippen LogP contribution < -0.4 is 0 Å². The van der Waals surface area contributed by atoms with Crippen LogP contribution in [0.2, 0.25) is 0 Å². The van der Waals surface area contributed by atoms with E-state index in [4.69, 9.17) is 5.26 Å². The molecule has 15 heavy (non-hydrogen) atoms. The number of fused-ring (bicyclic) bond motifs is 1. The van der Waals surface area contributed by atoms with Gasteiger partial charge in [0.2, 0.25) is 0 Å². The van der Waals surface area contributed by atoms with E-state index in [9.17, 15) is 0 Å². The Balaban J connectivity index is 1.55. The molecule has 2 unspecified atom stereocenters. The molecule has 0 aromatic carbocycles. The van der Waals surface area contributed by atoms with E-state index < -0.39 is 0 Å². The van der Waals surface area contributed by atoms with Crippen molar-refractivity contribution in [3.05, 3.63) is 0 Å². The van der Waals surface area contributed by atoms with Crippen LogP contribution in [0.5, 0.6) is 0 Å². The van der Waals surface area contributed by atoms with Gasteiger partial charge in [-0.15, -0.1) is 0 Å². The van der Waals surface area contributed by atoms with Crippen LogP contribution in [-0.4, -0.2) is 24.5 Å².